The third kappa shape index (κ3) is 3.84. The Morgan fingerprint density at radius 2 is 2.20 bits per heavy atom. The van der Waals surface area contributed by atoms with Gasteiger partial charge >= 0.3 is 0 Å². The molecular formula is C12H19BrN2. The number of benzene rings is 1. The number of hydrogen-bond donors (Lipinski definition) is 2. The van der Waals surface area contributed by atoms with Crippen LogP contribution in [0.2, 0.25) is 0 Å². The van der Waals surface area contributed by atoms with Crippen LogP contribution in [0.5, 0.6) is 0 Å². The van der Waals surface area contributed by atoms with Gasteiger partial charge in [-0.3, -0.25) is 0 Å². The van der Waals surface area contributed by atoms with Gasteiger partial charge in [0.05, 0.1) is 0 Å². The van der Waals surface area contributed by atoms with Crippen LogP contribution in [0.15, 0.2) is 22.7 Å². The highest BCUT2D eigenvalue weighted by Crippen LogP contribution is 2.20. The van der Waals surface area contributed by atoms with Crippen molar-refractivity contribution in [3.05, 3.63) is 28.2 Å². The Morgan fingerprint density at radius 1 is 1.47 bits per heavy atom. The lowest BCUT2D eigenvalue weighted by molar-refractivity contribution is 0.548. The molecular weight excluding hydrogens is 252 g/mol. The summed E-state index contributed by atoms with van der Waals surface area (Å²) in [6.45, 7) is 5.98. The topological polar surface area (TPSA) is 38.0 Å². The van der Waals surface area contributed by atoms with Gasteiger partial charge in [0.2, 0.25) is 0 Å². The summed E-state index contributed by atoms with van der Waals surface area (Å²) in [5, 5.41) is 3.44. The number of nitrogens with two attached hydrogens (primary N) is 1. The minimum Gasteiger partial charge on any atom is -0.385 e. The van der Waals surface area contributed by atoms with E-state index >= 15 is 0 Å². The van der Waals surface area contributed by atoms with Gasteiger partial charge in [-0.15, -0.1) is 0 Å². The molecule has 3 heteroatoms. The van der Waals surface area contributed by atoms with E-state index in [-0.39, 0.29) is 0 Å². The molecule has 1 aromatic rings. The molecule has 0 saturated carbocycles. The van der Waals surface area contributed by atoms with Gasteiger partial charge < -0.3 is 11.1 Å². The molecule has 15 heavy (non-hydrogen) atoms. The van der Waals surface area contributed by atoms with Crippen LogP contribution >= 0.6 is 15.9 Å². The van der Waals surface area contributed by atoms with Crippen LogP contribution in [0.4, 0.5) is 5.69 Å². The first kappa shape index (κ1) is 12.5. The molecule has 2 nitrogen and oxygen atoms in total. The number of halogens is 1. The maximum atomic E-state index is 5.66. The first-order valence-electron chi connectivity index (χ1n) is 5.37. The largest absolute Gasteiger partial charge is 0.385 e. The molecule has 0 heterocycles. The molecule has 84 valence electrons. The summed E-state index contributed by atoms with van der Waals surface area (Å²) < 4.78 is 1.12. The predicted octanol–water partition coefficient (Wildman–Crippen LogP) is 3.15. The quantitative estimate of drug-likeness (QED) is 0.863. The first-order chi connectivity index (χ1) is 7.17. The van der Waals surface area contributed by atoms with E-state index in [2.05, 4.69) is 53.3 Å². The van der Waals surface area contributed by atoms with Crippen molar-refractivity contribution < 1.29 is 0 Å². The monoisotopic (exact) mass is 270 g/mol. The molecule has 1 unspecified atom stereocenters. The molecule has 0 saturated heterocycles. The fourth-order valence-corrected chi connectivity index (χ4v) is 1.95. The lowest BCUT2D eigenvalue weighted by Crippen LogP contribution is -2.22. The van der Waals surface area contributed by atoms with Crippen LogP contribution in [0.25, 0.3) is 0 Å². The second-order valence-corrected chi connectivity index (χ2v) is 4.77. The van der Waals surface area contributed by atoms with Crippen LogP contribution in [0.1, 0.15) is 18.9 Å². The van der Waals surface area contributed by atoms with Crippen LogP contribution in [-0.4, -0.2) is 13.1 Å². The molecule has 0 aliphatic rings. The second-order valence-electron chi connectivity index (χ2n) is 3.85. The molecule has 0 aromatic heterocycles. The zero-order chi connectivity index (χ0) is 11.3. The van der Waals surface area contributed by atoms with Gasteiger partial charge in [-0.2, -0.15) is 0 Å². The van der Waals surface area contributed by atoms with Gasteiger partial charge in [0.25, 0.3) is 0 Å². The van der Waals surface area contributed by atoms with E-state index < -0.39 is 0 Å². The summed E-state index contributed by atoms with van der Waals surface area (Å²) >= 11 is 3.46. The third-order valence-corrected chi connectivity index (χ3v) is 3.17. The molecule has 1 aromatic carbocycles. The van der Waals surface area contributed by atoms with Crippen molar-refractivity contribution in [1.82, 2.24) is 0 Å². The van der Waals surface area contributed by atoms with E-state index in [4.69, 9.17) is 5.73 Å². The van der Waals surface area contributed by atoms with Gasteiger partial charge in [0, 0.05) is 16.7 Å². The number of aryl methyl sites for hydroxylation is 1. The average molecular weight is 271 g/mol. The van der Waals surface area contributed by atoms with Crippen molar-refractivity contribution in [2.24, 2.45) is 11.7 Å². The Kier molecular flexibility index (Phi) is 5.12. The molecule has 0 bridgehead atoms. The van der Waals surface area contributed by atoms with Crippen molar-refractivity contribution >= 4 is 21.6 Å². The second kappa shape index (κ2) is 6.13. The number of rotatable bonds is 5. The van der Waals surface area contributed by atoms with E-state index in [9.17, 15) is 0 Å². The number of hydrogen-bond acceptors (Lipinski definition) is 2. The standard InChI is InChI=1S/C12H19BrN2/c1-3-10(7-14)8-15-12-5-4-11(13)6-9(12)2/h4-6,10,15H,3,7-8,14H2,1-2H3. The van der Waals surface area contributed by atoms with Crippen LogP contribution in [0.3, 0.4) is 0 Å². The number of anilines is 1. The Hall–Kier alpha value is -0.540. The minimum absolute atomic E-state index is 0.563. The third-order valence-electron chi connectivity index (χ3n) is 2.68. The van der Waals surface area contributed by atoms with Crippen molar-refractivity contribution in [2.75, 3.05) is 18.4 Å². The van der Waals surface area contributed by atoms with E-state index in [1.807, 2.05) is 0 Å². The molecule has 0 amide bonds. The maximum absolute atomic E-state index is 5.66. The van der Waals surface area contributed by atoms with Crippen molar-refractivity contribution in [2.45, 2.75) is 20.3 Å². The Balaban J connectivity index is 2.57. The number of nitrogens with one attached hydrogen (secondary N) is 1. The molecule has 0 radical (unpaired) electrons. The molecule has 3 N–H and O–H groups in total. The molecule has 0 spiro atoms. The zero-order valence-corrected chi connectivity index (χ0v) is 11.0. The summed E-state index contributed by atoms with van der Waals surface area (Å²) in [7, 11) is 0. The van der Waals surface area contributed by atoms with Gasteiger partial charge in [0.1, 0.15) is 0 Å². The predicted molar refractivity (Wildman–Crippen MR) is 70.2 cm³/mol. The SMILES string of the molecule is CCC(CN)CNc1ccc(Br)cc1C. The molecule has 1 rings (SSSR count). The summed E-state index contributed by atoms with van der Waals surface area (Å²) in [4.78, 5) is 0. The van der Waals surface area contributed by atoms with Crippen LogP contribution < -0.4 is 11.1 Å². The van der Waals surface area contributed by atoms with Crippen LogP contribution in [-0.2, 0) is 0 Å². The zero-order valence-electron chi connectivity index (χ0n) is 9.39. The van der Waals surface area contributed by atoms with Crippen molar-refractivity contribution in [3.8, 4) is 0 Å². The fourth-order valence-electron chi connectivity index (χ4n) is 1.47. The van der Waals surface area contributed by atoms with Crippen molar-refractivity contribution in [1.29, 1.82) is 0 Å². The summed E-state index contributed by atoms with van der Waals surface area (Å²) in [5.41, 5.74) is 8.12. The normalized spacial score (nSPS) is 12.5. The van der Waals surface area contributed by atoms with Gasteiger partial charge in [-0.25, -0.2) is 0 Å². The first-order valence-corrected chi connectivity index (χ1v) is 6.16. The van der Waals surface area contributed by atoms with Crippen LogP contribution in [0, 0.1) is 12.8 Å². The van der Waals surface area contributed by atoms with Gasteiger partial charge in [-0.05, 0) is 43.1 Å². The average Bonchev–Trinajstić information content (AvgIpc) is 2.22. The van der Waals surface area contributed by atoms with E-state index in [0.29, 0.717) is 5.92 Å². The fraction of sp³-hybridized carbons (Fsp3) is 0.500. The van der Waals surface area contributed by atoms with Gasteiger partial charge in [0.15, 0.2) is 0 Å². The molecule has 0 fully saturated rings. The molecule has 1 atom stereocenters. The van der Waals surface area contributed by atoms with E-state index in [0.717, 1.165) is 24.0 Å². The molecule has 0 aliphatic carbocycles. The van der Waals surface area contributed by atoms with Crippen molar-refractivity contribution in [3.63, 3.8) is 0 Å². The Bertz CT molecular complexity index is 308. The summed E-state index contributed by atoms with van der Waals surface area (Å²) in [5.74, 6) is 0.563. The molecule has 0 aliphatic heterocycles. The Morgan fingerprint density at radius 3 is 2.73 bits per heavy atom. The summed E-state index contributed by atoms with van der Waals surface area (Å²) in [6, 6.07) is 6.27. The summed E-state index contributed by atoms with van der Waals surface area (Å²) in [6.07, 6.45) is 1.12. The minimum atomic E-state index is 0.563. The van der Waals surface area contributed by atoms with E-state index in [1.165, 1.54) is 11.3 Å². The highest BCUT2D eigenvalue weighted by Gasteiger charge is 2.04. The highest BCUT2D eigenvalue weighted by molar-refractivity contribution is 9.10. The van der Waals surface area contributed by atoms with E-state index in [1.54, 1.807) is 0 Å². The Labute approximate surface area is 100 Å². The lowest BCUT2D eigenvalue weighted by atomic mass is 10.1. The lowest BCUT2D eigenvalue weighted by Gasteiger charge is -2.15. The highest BCUT2D eigenvalue weighted by atomic mass is 79.9. The van der Waals surface area contributed by atoms with Gasteiger partial charge in [-0.1, -0.05) is 29.3 Å². The maximum Gasteiger partial charge on any atom is 0.0370 e. The smallest absolute Gasteiger partial charge is 0.0370 e.